The molecule has 0 aliphatic carbocycles. The monoisotopic (exact) mass is 376 g/mol. The molecule has 0 aliphatic rings. The maximum Gasteiger partial charge on any atom is 0.249 e. The summed E-state index contributed by atoms with van der Waals surface area (Å²) < 4.78 is 8.78. The number of carbonyl (C=O) groups excluding carboxylic acids is 1. The van der Waals surface area contributed by atoms with Gasteiger partial charge in [-0.2, -0.15) is 4.98 Å². The van der Waals surface area contributed by atoms with E-state index in [-0.39, 0.29) is 18.4 Å². The predicted molar refractivity (Wildman–Crippen MR) is 105 cm³/mol. The lowest BCUT2D eigenvalue weighted by Gasteiger charge is -2.11. The Morgan fingerprint density at radius 3 is 2.64 bits per heavy atom. The van der Waals surface area contributed by atoms with E-state index in [0.717, 1.165) is 28.0 Å². The molecule has 1 N–H and O–H groups in total. The van der Waals surface area contributed by atoms with Crippen molar-refractivity contribution in [1.29, 1.82) is 0 Å². The third kappa shape index (κ3) is 3.44. The van der Waals surface area contributed by atoms with E-state index < -0.39 is 0 Å². The minimum Gasteiger partial charge on any atom is -0.496 e. The first-order valence-corrected chi connectivity index (χ1v) is 8.81. The number of rotatable bonds is 5. The number of hydrogen-bond donors (Lipinski definition) is 1. The van der Waals surface area contributed by atoms with Gasteiger partial charge in [0.05, 0.1) is 13.4 Å². The van der Waals surface area contributed by atoms with E-state index in [0.29, 0.717) is 5.65 Å². The third-order valence-electron chi connectivity index (χ3n) is 4.47. The van der Waals surface area contributed by atoms with Crippen LogP contribution in [0.3, 0.4) is 0 Å². The number of aryl methyl sites for hydroxylation is 2. The van der Waals surface area contributed by atoms with Crippen molar-refractivity contribution in [3.8, 4) is 16.9 Å². The number of carbonyl (C=O) groups is 1. The second-order valence-electron chi connectivity index (χ2n) is 6.58. The fourth-order valence-electron chi connectivity index (χ4n) is 3.26. The highest BCUT2D eigenvalue weighted by molar-refractivity contribution is 5.89. The fourth-order valence-corrected chi connectivity index (χ4v) is 3.26. The molecule has 4 aromatic rings. The van der Waals surface area contributed by atoms with Crippen LogP contribution in [0.1, 0.15) is 11.1 Å². The van der Waals surface area contributed by atoms with Gasteiger partial charge in [0.15, 0.2) is 5.65 Å². The van der Waals surface area contributed by atoms with Crippen LogP contribution in [-0.4, -0.2) is 37.2 Å². The van der Waals surface area contributed by atoms with Crippen LogP contribution in [0.2, 0.25) is 0 Å². The number of imidazole rings is 1. The molecule has 4 rings (SSSR count). The Labute approximate surface area is 161 Å². The number of fused-ring (bicyclic) bond motifs is 1. The van der Waals surface area contributed by atoms with Crippen LogP contribution in [0, 0.1) is 13.8 Å². The Morgan fingerprint density at radius 2 is 1.96 bits per heavy atom. The van der Waals surface area contributed by atoms with Crippen LogP contribution in [0.4, 0.5) is 5.95 Å². The van der Waals surface area contributed by atoms with Crippen LogP contribution in [0.5, 0.6) is 5.75 Å². The highest BCUT2D eigenvalue weighted by atomic mass is 16.5. The molecular formula is C20H20N6O2. The zero-order valence-corrected chi connectivity index (χ0v) is 15.9. The number of nitrogens with zero attached hydrogens (tertiary/aromatic N) is 5. The van der Waals surface area contributed by atoms with Gasteiger partial charge in [-0.05, 0) is 54.8 Å². The van der Waals surface area contributed by atoms with Crippen LogP contribution < -0.4 is 10.1 Å². The van der Waals surface area contributed by atoms with Crippen LogP contribution in [0.15, 0.2) is 49.2 Å². The Morgan fingerprint density at radius 1 is 1.18 bits per heavy atom. The number of methoxy groups -OCH3 is 1. The van der Waals surface area contributed by atoms with Gasteiger partial charge < -0.3 is 9.30 Å². The highest BCUT2D eigenvalue weighted by Crippen LogP contribution is 2.30. The van der Waals surface area contributed by atoms with Gasteiger partial charge in [0.25, 0.3) is 0 Å². The SMILES string of the molecule is COc1c(C)cc(-c2ccc3nc(NC(=O)Cn4ccnc4)nn3c2)cc1C. The standard InChI is InChI=1S/C20H20N6O2/c1-13-8-16(9-14(2)19(13)28-3)15-4-5-17-22-20(24-26(17)10-15)23-18(27)11-25-7-6-21-12-25/h4-10,12H,11H2,1-3H3,(H,23,24,27). The maximum atomic E-state index is 12.1. The topological polar surface area (TPSA) is 86.3 Å². The molecule has 1 aromatic carbocycles. The van der Waals surface area contributed by atoms with E-state index in [9.17, 15) is 4.79 Å². The van der Waals surface area contributed by atoms with E-state index in [4.69, 9.17) is 4.74 Å². The molecule has 0 unspecified atom stereocenters. The zero-order chi connectivity index (χ0) is 19.7. The van der Waals surface area contributed by atoms with Crippen molar-refractivity contribution >= 4 is 17.5 Å². The maximum absolute atomic E-state index is 12.1. The van der Waals surface area contributed by atoms with Gasteiger partial charge in [-0.3, -0.25) is 10.1 Å². The number of aromatic nitrogens is 5. The second kappa shape index (κ2) is 7.15. The third-order valence-corrected chi connectivity index (χ3v) is 4.47. The summed E-state index contributed by atoms with van der Waals surface area (Å²) in [7, 11) is 1.68. The molecule has 142 valence electrons. The van der Waals surface area contributed by atoms with Crippen molar-refractivity contribution in [2.24, 2.45) is 0 Å². The number of benzene rings is 1. The molecule has 8 heteroatoms. The van der Waals surface area contributed by atoms with Gasteiger partial charge in [-0.1, -0.05) is 0 Å². The second-order valence-corrected chi connectivity index (χ2v) is 6.58. The molecule has 0 saturated heterocycles. The number of pyridine rings is 1. The lowest BCUT2D eigenvalue weighted by atomic mass is 10.0. The Hall–Kier alpha value is -3.68. The lowest BCUT2D eigenvalue weighted by Crippen LogP contribution is -2.18. The zero-order valence-electron chi connectivity index (χ0n) is 15.9. The van der Waals surface area contributed by atoms with Crippen LogP contribution in [-0.2, 0) is 11.3 Å². The number of anilines is 1. The van der Waals surface area contributed by atoms with Crippen LogP contribution in [0.25, 0.3) is 16.8 Å². The Balaban J connectivity index is 1.59. The summed E-state index contributed by atoms with van der Waals surface area (Å²) in [4.78, 5) is 20.4. The number of ether oxygens (including phenoxy) is 1. The molecule has 0 radical (unpaired) electrons. The Bertz CT molecular complexity index is 1120. The summed E-state index contributed by atoms with van der Waals surface area (Å²) in [6, 6.07) is 8.03. The summed E-state index contributed by atoms with van der Waals surface area (Å²) in [6.07, 6.45) is 6.83. The van der Waals surface area contributed by atoms with Crippen molar-refractivity contribution in [3.05, 3.63) is 60.3 Å². The average molecular weight is 376 g/mol. The molecule has 0 atom stereocenters. The molecule has 0 aliphatic heterocycles. The number of nitrogens with one attached hydrogen (secondary N) is 1. The van der Waals surface area contributed by atoms with E-state index in [2.05, 4.69) is 32.5 Å². The van der Waals surface area contributed by atoms with E-state index in [1.54, 1.807) is 34.9 Å². The van der Waals surface area contributed by atoms with Crippen molar-refractivity contribution in [1.82, 2.24) is 24.1 Å². The summed E-state index contributed by atoms with van der Waals surface area (Å²) in [5, 5.41) is 7.09. The normalized spacial score (nSPS) is 11.0. The van der Waals surface area contributed by atoms with E-state index in [1.807, 2.05) is 32.2 Å². The first-order chi connectivity index (χ1) is 13.5. The van der Waals surface area contributed by atoms with Gasteiger partial charge in [-0.15, -0.1) is 5.10 Å². The fraction of sp³-hybridized carbons (Fsp3) is 0.200. The minimum absolute atomic E-state index is 0.158. The largest absolute Gasteiger partial charge is 0.496 e. The van der Waals surface area contributed by atoms with Crippen molar-refractivity contribution in [2.45, 2.75) is 20.4 Å². The first kappa shape index (κ1) is 17.7. The smallest absolute Gasteiger partial charge is 0.249 e. The average Bonchev–Trinajstić information content (AvgIpc) is 3.29. The molecule has 28 heavy (non-hydrogen) atoms. The number of hydrogen-bond acceptors (Lipinski definition) is 5. The molecule has 0 bridgehead atoms. The molecule has 0 spiro atoms. The molecule has 3 heterocycles. The first-order valence-electron chi connectivity index (χ1n) is 8.81. The highest BCUT2D eigenvalue weighted by Gasteiger charge is 2.11. The van der Waals surface area contributed by atoms with Gasteiger partial charge in [0.2, 0.25) is 11.9 Å². The van der Waals surface area contributed by atoms with Crippen molar-refractivity contribution in [2.75, 3.05) is 12.4 Å². The van der Waals surface area contributed by atoms with Gasteiger partial charge in [-0.25, -0.2) is 9.50 Å². The van der Waals surface area contributed by atoms with E-state index >= 15 is 0 Å². The molecular weight excluding hydrogens is 356 g/mol. The van der Waals surface area contributed by atoms with Gasteiger partial charge >= 0.3 is 0 Å². The molecule has 1 amide bonds. The van der Waals surface area contributed by atoms with Crippen LogP contribution >= 0.6 is 0 Å². The van der Waals surface area contributed by atoms with Crippen molar-refractivity contribution < 1.29 is 9.53 Å². The van der Waals surface area contributed by atoms with Gasteiger partial charge in [0.1, 0.15) is 12.3 Å². The molecule has 8 nitrogen and oxygen atoms in total. The predicted octanol–water partition coefficient (Wildman–Crippen LogP) is 2.86. The van der Waals surface area contributed by atoms with E-state index in [1.165, 1.54) is 0 Å². The molecule has 0 saturated carbocycles. The lowest BCUT2D eigenvalue weighted by molar-refractivity contribution is -0.116. The summed E-state index contributed by atoms with van der Waals surface area (Å²) >= 11 is 0. The molecule has 3 aromatic heterocycles. The minimum atomic E-state index is -0.212. The van der Waals surface area contributed by atoms with Gasteiger partial charge in [0, 0.05) is 24.2 Å². The number of amides is 1. The summed E-state index contributed by atoms with van der Waals surface area (Å²) in [5.74, 6) is 0.952. The summed E-state index contributed by atoms with van der Waals surface area (Å²) in [5.41, 5.74) is 4.87. The van der Waals surface area contributed by atoms with Crippen molar-refractivity contribution in [3.63, 3.8) is 0 Å². The molecule has 0 fully saturated rings. The summed E-state index contributed by atoms with van der Waals surface area (Å²) in [6.45, 7) is 4.21. The Kier molecular flexibility index (Phi) is 4.52. The quantitative estimate of drug-likeness (QED) is 0.579.